The van der Waals surface area contributed by atoms with Gasteiger partial charge in [0.2, 0.25) is 5.88 Å². The summed E-state index contributed by atoms with van der Waals surface area (Å²) in [5.41, 5.74) is 8.87. The van der Waals surface area contributed by atoms with E-state index in [4.69, 9.17) is 27.1 Å². The van der Waals surface area contributed by atoms with Crippen LogP contribution in [0.15, 0.2) is 42.7 Å². The van der Waals surface area contributed by atoms with Crippen molar-refractivity contribution in [3.63, 3.8) is 0 Å². The van der Waals surface area contributed by atoms with E-state index in [1.165, 1.54) is 16.8 Å². The van der Waals surface area contributed by atoms with E-state index in [1.807, 2.05) is 19.1 Å². The van der Waals surface area contributed by atoms with Crippen molar-refractivity contribution >= 4 is 34.8 Å². The van der Waals surface area contributed by atoms with Crippen LogP contribution in [-0.4, -0.2) is 38.1 Å². The third kappa shape index (κ3) is 3.86. The number of carbonyl (C=O) groups excluding carboxylic acids is 1. The third-order valence-electron chi connectivity index (χ3n) is 5.59. The largest absolute Gasteiger partial charge is 0.473 e. The quantitative estimate of drug-likeness (QED) is 0.377. The SMILES string of the molecule is C[C@H]1CNC(=O)c2cnn3c(N)c(-c4ccc(Cl)cc4)c(nc23)N[C@H](C)c2cc(F)cnc2O1. The molecule has 3 aromatic heterocycles. The number of hydrogen-bond acceptors (Lipinski definition) is 7. The van der Waals surface area contributed by atoms with Crippen LogP contribution in [0.4, 0.5) is 16.0 Å². The number of nitrogen functional groups attached to an aromatic ring is 1. The second kappa shape index (κ2) is 8.45. The van der Waals surface area contributed by atoms with Crippen molar-refractivity contribution in [2.45, 2.75) is 26.0 Å². The number of nitrogens with zero attached hydrogens (tertiary/aromatic N) is 4. The molecule has 4 heterocycles. The van der Waals surface area contributed by atoms with Crippen LogP contribution in [0.3, 0.4) is 0 Å². The summed E-state index contributed by atoms with van der Waals surface area (Å²) < 4.78 is 21.5. The molecule has 0 saturated carbocycles. The van der Waals surface area contributed by atoms with Gasteiger partial charge in [-0.15, -0.1) is 0 Å². The van der Waals surface area contributed by atoms with E-state index in [0.717, 1.165) is 11.8 Å². The number of benzene rings is 1. The molecule has 1 amide bonds. The summed E-state index contributed by atoms with van der Waals surface area (Å²) in [6.07, 6.45) is 2.09. The standard InChI is InChI=1S/C23H21ClFN7O2/c1-11-8-27-22(33)17-10-29-32-19(26)18(13-3-5-14(24)6-4-13)20(31-21(17)32)30-12(2)16-7-15(25)9-28-23(16)34-11/h3-7,9-12H,8,26H2,1-2H3,(H,27,33)(H,30,31)/t11-,12+/m0/s1. The Hall–Kier alpha value is -3.92. The van der Waals surface area contributed by atoms with Crippen molar-refractivity contribution in [1.29, 1.82) is 0 Å². The summed E-state index contributed by atoms with van der Waals surface area (Å²) in [6, 6.07) is 7.98. The van der Waals surface area contributed by atoms with Crippen LogP contribution in [0.1, 0.15) is 35.8 Å². The van der Waals surface area contributed by atoms with Gasteiger partial charge >= 0.3 is 0 Å². The molecule has 1 aliphatic rings. The zero-order valence-corrected chi connectivity index (χ0v) is 19.1. The number of ether oxygens (including phenoxy) is 1. The molecule has 5 rings (SSSR count). The van der Waals surface area contributed by atoms with Crippen LogP contribution < -0.4 is 21.1 Å². The van der Waals surface area contributed by atoms with Gasteiger partial charge < -0.3 is 21.1 Å². The molecule has 34 heavy (non-hydrogen) atoms. The molecule has 0 spiro atoms. The van der Waals surface area contributed by atoms with Gasteiger partial charge in [-0.2, -0.15) is 9.61 Å². The summed E-state index contributed by atoms with van der Waals surface area (Å²) >= 11 is 6.08. The lowest BCUT2D eigenvalue weighted by Gasteiger charge is -2.22. The zero-order valence-electron chi connectivity index (χ0n) is 18.3. The minimum Gasteiger partial charge on any atom is -0.473 e. The maximum absolute atomic E-state index is 14.1. The van der Waals surface area contributed by atoms with Gasteiger partial charge in [-0.1, -0.05) is 23.7 Å². The first-order chi connectivity index (χ1) is 16.3. The number of carbonyl (C=O) groups is 1. The second-order valence-electron chi connectivity index (χ2n) is 8.07. The summed E-state index contributed by atoms with van der Waals surface area (Å²) in [4.78, 5) is 21.7. The number of amides is 1. The maximum Gasteiger partial charge on any atom is 0.256 e. The number of aromatic nitrogens is 4. The highest BCUT2D eigenvalue weighted by molar-refractivity contribution is 6.30. The molecular weight excluding hydrogens is 461 g/mol. The number of hydrogen-bond donors (Lipinski definition) is 3. The molecule has 1 aliphatic heterocycles. The topological polar surface area (TPSA) is 119 Å². The van der Waals surface area contributed by atoms with E-state index in [2.05, 4.69) is 20.7 Å². The van der Waals surface area contributed by atoms with E-state index in [0.29, 0.717) is 22.0 Å². The van der Waals surface area contributed by atoms with Crippen molar-refractivity contribution in [3.8, 4) is 17.0 Å². The Morgan fingerprint density at radius 1 is 1.24 bits per heavy atom. The molecule has 9 nitrogen and oxygen atoms in total. The summed E-state index contributed by atoms with van der Waals surface area (Å²) in [5, 5.41) is 11.0. The Labute approximate surface area is 199 Å². The molecular formula is C23H21ClFN7O2. The van der Waals surface area contributed by atoms with Crippen LogP contribution in [0.25, 0.3) is 16.8 Å². The fourth-order valence-electron chi connectivity index (χ4n) is 3.88. The number of pyridine rings is 1. The maximum atomic E-state index is 14.1. The van der Waals surface area contributed by atoms with Gasteiger partial charge in [0.25, 0.3) is 5.91 Å². The fourth-order valence-corrected chi connectivity index (χ4v) is 4.00. The smallest absolute Gasteiger partial charge is 0.256 e. The number of halogens is 2. The van der Waals surface area contributed by atoms with E-state index < -0.39 is 18.0 Å². The number of rotatable bonds is 1. The minimum absolute atomic E-state index is 0.196. The Balaban J connectivity index is 1.74. The van der Waals surface area contributed by atoms with Crippen LogP contribution >= 0.6 is 11.6 Å². The lowest BCUT2D eigenvalue weighted by molar-refractivity contribution is 0.0932. The van der Waals surface area contributed by atoms with E-state index in [1.54, 1.807) is 19.1 Å². The van der Waals surface area contributed by atoms with Gasteiger partial charge in [0, 0.05) is 10.6 Å². The van der Waals surface area contributed by atoms with E-state index >= 15 is 0 Å². The van der Waals surface area contributed by atoms with Crippen LogP contribution in [0.5, 0.6) is 5.88 Å². The first kappa shape index (κ1) is 21.9. The highest BCUT2D eigenvalue weighted by Crippen LogP contribution is 2.37. The zero-order chi connectivity index (χ0) is 24.0. The van der Waals surface area contributed by atoms with Gasteiger partial charge in [-0.25, -0.2) is 14.4 Å². The monoisotopic (exact) mass is 481 g/mol. The second-order valence-corrected chi connectivity index (χ2v) is 8.51. The minimum atomic E-state index is -0.500. The Morgan fingerprint density at radius 2 is 2.00 bits per heavy atom. The van der Waals surface area contributed by atoms with Gasteiger partial charge in [-0.05, 0) is 37.6 Å². The first-order valence-electron chi connectivity index (χ1n) is 10.6. The number of fused-ring (bicyclic) bond motifs is 2. The normalized spacial score (nSPS) is 18.2. The molecule has 2 atom stereocenters. The molecule has 4 aromatic rings. The molecule has 0 fully saturated rings. The molecule has 0 aliphatic carbocycles. The van der Waals surface area contributed by atoms with E-state index in [-0.39, 0.29) is 35.4 Å². The van der Waals surface area contributed by atoms with Crippen molar-refractivity contribution in [3.05, 3.63) is 64.7 Å². The Bertz CT molecular complexity index is 1410. The van der Waals surface area contributed by atoms with Crippen LogP contribution in [0.2, 0.25) is 5.02 Å². The van der Waals surface area contributed by atoms with Crippen molar-refractivity contribution in [2.75, 3.05) is 17.6 Å². The first-order valence-corrected chi connectivity index (χ1v) is 11.0. The third-order valence-corrected chi connectivity index (χ3v) is 5.84. The van der Waals surface area contributed by atoms with Gasteiger partial charge in [0.15, 0.2) is 5.65 Å². The molecule has 174 valence electrons. The molecule has 0 radical (unpaired) electrons. The lowest BCUT2D eigenvalue weighted by Crippen LogP contribution is -2.34. The summed E-state index contributed by atoms with van der Waals surface area (Å²) in [5.74, 6) is 0.0462. The molecule has 11 heteroatoms. The van der Waals surface area contributed by atoms with Gasteiger partial charge in [0.1, 0.15) is 29.1 Å². The number of anilines is 2. The molecule has 2 bridgehead atoms. The summed E-state index contributed by atoms with van der Waals surface area (Å²) in [6.45, 7) is 3.82. The average Bonchev–Trinajstić information content (AvgIpc) is 3.23. The van der Waals surface area contributed by atoms with Crippen LogP contribution in [0, 0.1) is 5.82 Å². The lowest BCUT2D eigenvalue weighted by atomic mass is 10.1. The molecule has 0 unspecified atom stereocenters. The molecule has 4 N–H and O–H groups in total. The van der Waals surface area contributed by atoms with Crippen molar-refractivity contribution < 1.29 is 13.9 Å². The van der Waals surface area contributed by atoms with E-state index in [9.17, 15) is 9.18 Å². The average molecular weight is 482 g/mol. The van der Waals surface area contributed by atoms with Crippen LogP contribution in [-0.2, 0) is 0 Å². The predicted molar refractivity (Wildman–Crippen MR) is 127 cm³/mol. The molecule has 0 saturated heterocycles. The number of nitrogens with two attached hydrogens (primary N) is 1. The van der Waals surface area contributed by atoms with Gasteiger partial charge in [-0.3, -0.25) is 4.79 Å². The van der Waals surface area contributed by atoms with Crippen molar-refractivity contribution in [1.82, 2.24) is 24.9 Å². The molecule has 1 aromatic carbocycles. The fraction of sp³-hybridized carbons (Fsp3) is 0.217. The number of nitrogens with one attached hydrogen (secondary N) is 2. The Kier molecular flexibility index (Phi) is 5.45. The van der Waals surface area contributed by atoms with Crippen molar-refractivity contribution in [2.24, 2.45) is 0 Å². The predicted octanol–water partition coefficient (Wildman–Crippen LogP) is 3.85. The highest BCUT2D eigenvalue weighted by atomic mass is 35.5. The van der Waals surface area contributed by atoms with Gasteiger partial charge in [0.05, 0.1) is 30.5 Å². The summed E-state index contributed by atoms with van der Waals surface area (Å²) in [7, 11) is 0. The highest BCUT2D eigenvalue weighted by Gasteiger charge is 2.25. The Morgan fingerprint density at radius 3 is 2.76 bits per heavy atom.